The first-order valence-corrected chi connectivity index (χ1v) is 5.44. The summed E-state index contributed by atoms with van der Waals surface area (Å²) in [6.45, 7) is 7.34. The Morgan fingerprint density at radius 3 is 2.58 bits per heavy atom. The number of nitrogens with one attached hydrogen (secondary N) is 1. The minimum Gasteiger partial charge on any atom is -0.291 e. The highest BCUT2D eigenvalue weighted by atomic mass is 32.2. The van der Waals surface area contributed by atoms with Gasteiger partial charge in [0.15, 0.2) is 0 Å². The summed E-state index contributed by atoms with van der Waals surface area (Å²) in [5.41, 5.74) is 0. The van der Waals surface area contributed by atoms with Crippen LogP contribution in [-0.4, -0.2) is 11.4 Å². The highest BCUT2D eigenvalue weighted by Crippen LogP contribution is 2.32. The molecule has 1 aliphatic carbocycles. The molecular formula is C9H19NOS. The molecule has 0 aromatic heterocycles. The van der Waals surface area contributed by atoms with Gasteiger partial charge in [0.25, 0.3) is 0 Å². The first kappa shape index (κ1) is 10.4. The van der Waals surface area contributed by atoms with Crippen molar-refractivity contribution >= 4 is 11.9 Å². The zero-order valence-electron chi connectivity index (χ0n) is 8.22. The van der Waals surface area contributed by atoms with Gasteiger partial charge in [0.05, 0.1) is 6.61 Å². The molecule has 12 heavy (non-hydrogen) atoms. The van der Waals surface area contributed by atoms with Crippen molar-refractivity contribution in [2.45, 2.75) is 44.8 Å². The average Bonchev–Trinajstić information content (AvgIpc) is 2.68. The van der Waals surface area contributed by atoms with E-state index in [-0.39, 0.29) is 4.75 Å². The number of hydrogen-bond acceptors (Lipinski definition) is 3. The third kappa shape index (κ3) is 5.86. The molecule has 0 bridgehead atoms. The Morgan fingerprint density at radius 1 is 1.42 bits per heavy atom. The molecular weight excluding hydrogens is 170 g/mol. The van der Waals surface area contributed by atoms with Gasteiger partial charge in [-0.2, -0.15) is 0 Å². The summed E-state index contributed by atoms with van der Waals surface area (Å²) in [7, 11) is 0. The minimum absolute atomic E-state index is 0.236. The summed E-state index contributed by atoms with van der Waals surface area (Å²) in [4.78, 5) is 8.20. The summed E-state index contributed by atoms with van der Waals surface area (Å²) >= 11 is 1.63. The molecule has 0 radical (unpaired) electrons. The summed E-state index contributed by atoms with van der Waals surface area (Å²) in [5.74, 6) is 0.964. The molecule has 1 fully saturated rings. The van der Waals surface area contributed by atoms with Crippen molar-refractivity contribution in [3.05, 3.63) is 0 Å². The Morgan fingerprint density at radius 2 is 2.08 bits per heavy atom. The second-order valence-corrected chi connectivity index (χ2v) is 5.97. The van der Waals surface area contributed by atoms with Crippen LogP contribution in [0.15, 0.2) is 0 Å². The molecule has 0 amide bonds. The van der Waals surface area contributed by atoms with E-state index < -0.39 is 0 Å². The van der Waals surface area contributed by atoms with Crippen LogP contribution < -0.4 is 4.89 Å². The molecule has 0 aromatic carbocycles. The molecule has 0 aliphatic heterocycles. The van der Waals surface area contributed by atoms with Gasteiger partial charge in [0.1, 0.15) is 0 Å². The Hall–Kier alpha value is 0.270. The van der Waals surface area contributed by atoms with Crippen LogP contribution in [0.5, 0.6) is 0 Å². The van der Waals surface area contributed by atoms with Crippen molar-refractivity contribution in [3.63, 3.8) is 0 Å². The predicted molar refractivity (Wildman–Crippen MR) is 53.8 cm³/mol. The van der Waals surface area contributed by atoms with Gasteiger partial charge in [-0.25, -0.2) is 0 Å². The molecule has 0 saturated heterocycles. The summed E-state index contributed by atoms with van der Waals surface area (Å²) in [6, 6.07) is 0. The third-order valence-electron chi connectivity index (χ3n) is 1.73. The maximum atomic E-state index is 5.27. The van der Waals surface area contributed by atoms with Crippen LogP contribution in [0.2, 0.25) is 0 Å². The van der Waals surface area contributed by atoms with Gasteiger partial charge in [-0.1, -0.05) is 12.8 Å². The van der Waals surface area contributed by atoms with Crippen molar-refractivity contribution in [1.82, 2.24) is 4.89 Å². The molecule has 0 heterocycles. The smallest absolute Gasteiger partial charge is 0.0695 e. The van der Waals surface area contributed by atoms with E-state index in [1.165, 1.54) is 19.3 Å². The van der Waals surface area contributed by atoms with E-state index in [2.05, 4.69) is 25.7 Å². The van der Waals surface area contributed by atoms with Gasteiger partial charge >= 0.3 is 0 Å². The van der Waals surface area contributed by atoms with E-state index in [4.69, 9.17) is 4.84 Å². The monoisotopic (exact) mass is 189 g/mol. The van der Waals surface area contributed by atoms with Crippen LogP contribution >= 0.6 is 11.9 Å². The Balaban J connectivity index is 1.82. The van der Waals surface area contributed by atoms with Crippen molar-refractivity contribution in [1.29, 1.82) is 0 Å². The van der Waals surface area contributed by atoms with E-state index in [1.54, 1.807) is 11.9 Å². The zero-order valence-corrected chi connectivity index (χ0v) is 9.04. The molecule has 1 aliphatic rings. The standard InChI is InChI=1S/C9H19NOS/c1-9(2,3)12-10-11-7-6-8-4-5-8/h8,10H,4-7H2,1-3H3. The Kier molecular flexibility index (Phi) is 3.87. The van der Waals surface area contributed by atoms with Crippen LogP contribution in [0.4, 0.5) is 0 Å². The van der Waals surface area contributed by atoms with E-state index >= 15 is 0 Å². The molecule has 0 aromatic rings. The molecule has 0 spiro atoms. The molecule has 1 rings (SSSR count). The van der Waals surface area contributed by atoms with Crippen molar-refractivity contribution < 1.29 is 4.84 Å². The minimum atomic E-state index is 0.236. The second kappa shape index (κ2) is 4.49. The normalized spacial score (nSPS) is 18.2. The summed E-state index contributed by atoms with van der Waals surface area (Å²) < 4.78 is 0.236. The lowest BCUT2D eigenvalue weighted by Crippen LogP contribution is -2.17. The zero-order chi connectivity index (χ0) is 9.03. The van der Waals surface area contributed by atoms with Crippen LogP contribution in [0, 0.1) is 5.92 Å². The molecule has 2 nitrogen and oxygen atoms in total. The van der Waals surface area contributed by atoms with Crippen LogP contribution in [0.3, 0.4) is 0 Å². The van der Waals surface area contributed by atoms with E-state index in [0.717, 1.165) is 12.5 Å². The third-order valence-corrected chi connectivity index (χ3v) is 2.55. The Bertz CT molecular complexity index is 129. The highest BCUT2D eigenvalue weighted by molar-refractivity contribution is 7.98. The first-order chi connectivity index (χ1) is 5.58. The maximum absolute atomic E-state index is 5.27. The molecule has 0 unspecified atom stereocenters. The molecule has 0 atom stereocenters. The second-order valence-electron chi connectivity index (χ2n) is 4.38. The van der Waals surface area contributed by atoms with Crippen LogP contribution in [0.25, 0.3) is 0 Å². The number of hydrogen-bond donors (Lipinski definition) is 1. The van der Waals surface area contributed by atoms with Crippen molar-refractivity contribution in [2.24, 2.45) is 5.92 Å². The van der Waals surface area contributed by atoms with Gasteiger partial charge < -0.3 is 0 Å². The van der Waals surface area contributed by atoms with Gasteiger partial charge in [-0.15, -0.1) is 4.89 Å². The molecule has 72 valence electrons. The fourth-order valence-corrected chi connectivity index (χ4v) is 1.22. The lowest BCUT2D eigenvalue weighted by molar-refractivity contribution is 0.0949. The number of rotatable bonds is 5. The van der Waals surface area contributed by atoms with Gasteiger partial charge in [-0.3, -0.25) is 4.84 Å². The van der Waals surface area contributed by atoms with Gasteiger partial charge in [0, 0.05) is 4.75 Å². The fraction of sp³-hybridized carbons (Fsp3) is 1.00. The topological polar surface area (TPSA) is 21.3 Å². The summed E-state index contributed by atoms with van der Waals surface area (Å²) in [5, 5.41) is 0. The molecule has 1 N–H and O–H groups in total. The van der Waals surface area contributed by atoms with E-state index in [9.17, 15) is 0 Å². The van der Waals surface area contributed by atoms with E-state index in [1.807, 2.05) is 0 Å². The van der Waals surface area contributed by atoms with Gasteiger partial charge in [-0.05, 0) is 45.1 Å². The van der Waals surface area contributed by atoms with E-state index in [0.29, 0.717) is 0 Å². The van der Waals surface area contributed by atoms with Crippen molar-refractivity contribution in [2.75, 3.05) is 6.61 Å². The first-order valence-electron chi connectivity index (χ1n) is 4.63. The predicted octanol–water partition coefficient (Wildman–Crippen LogP) is 2.75. The largest absolute Gasteiger partial charge is 0.291 e. The average molecular weight is 189 g/mol. The molecule has 3 heteroatoms. The van der Waals surface area contributed by atoms with Crippen LogP contribution in [-0.2, 0) is 4.84 Å². The lowest BCUT2D eigenvalue weighted by Gasteiger charge is -2.17. The highest BCUT2D eigenvalue weighted by Gasteiger charge is 2.20. The quantitative estimate of drug-likeness (QED) is 0.408. The molecule has 1 saturated carbocycles. The summed E-state index contributed by atoms with van der Waals surface area (Å²) in [6.07, 6.45) is 4.04. The van der Waals surface area contributed by atoms with Crippen molar-refractivity contribution in [3.8, 4) is 0 Å². The SMILES string of the molecule is CC(C)(C)SNOCCC1CC1. The lowest BCUT2D eigenvalue weighted by atomic mass is 10.3. The fourth-order valence-electron chi connectivity index (χ4n) is 0.828. The van der Waals surface area contributed by atoms with Gasteiger partial charge in [0.2, 0.25) is 0 Å². The van der Waals surface area contributed by atoms with Crippen LogP contribution in [0.1, 0.15) is 40.0 Å². The maximum Gasteiger partial charge on any atom is 0.0695 e. The Labute approximate surface area is 79.5 Å².